The van der Waals surface area contributed by atoms with Crippen LogP contribution in [0.2, 0.25) is 0 Å². The van der Waals surface area contributed by atoms with Crippen LogP contribution in [0.1, 0.15) is 27.9 Å². The summed E-state index contributed by atoms with van der Waals surface area (Å²) in [5, 5.41) is 2.89. The second kappa shape index (κ2) is 4.74. The molecule has 0 saturated heterocycles. The summed E-state index contributed by atoms with van der Waals surface area (Å²) in [6, 6.07) is 16.6. The second-order valence-corrected chi connectivity index (χ2v) is 8.03. The highest BCUT2D eigenvalue weighted by Gasteiger charge is 2.32. The Morgan fingerprint density at radius 3 is 2.52 bits per heavy atom. The molecule has 118 valence electrons. The van der Waals surface area contributed by atoms with Crippen LogP contribution in [-0.4, -0.2) is 11.0 Å². The van der Waals surface area contributed by atoms with Crippen molar-refractivity contribution in [2.75, 3.05) is 0 Å². The van der Waals surface area contributed by atoms with Crippen molar-refractivity contribution in [2.24, 2.45) is 0 Å². The fourth-order valence-corrected chi connectivity index (χ4v) is 5.74. The minimum atomic E-state index is 0.149. The van der Waals surface area contributed by atoms with Crippen LogP contribution in [0.5, 0.6) is 0 Å². The summed E-state index contributed by atoms with van der Waals surface area (Å²) < 4.78 is 0. The van der Waals surface area contributed by atoms with E-state index < -0.39 is 0 Å². The number of carbonyl (C=O) groups is 1. The third kappa shape index (κ3) is 1.68. The van der Waals surface area contributed by atoms with Gasteiger partial charge in [0, 0.05) is 32.0 Å². The van der Waals surface area contributed by atoms with Crippen molar-refractivity contribution >= 4 is 33.9 Å². The van der Waals surface area contributed by atoms with Crippen molar-refractivity contribution in [2.45, 2.75) is 16.6 Å². The average Bonchev–Trinajstić information content (AvgIpc) is 2.67. The van der Waals surface area contributed by atoms with Gasteiger partial charge in [-0.05, 0) is 40.8 Å². The van der Waals surface area contributed by atoms with Gasteiger partial charge in [-0.2, -0.15) is 0 Å². The van der Waals surface area contributed by atoms with E-state index in [1.807, 2.05) is 36.0 Å². The minimum absolute atomic E-state index is 0.149. The molecule has 0 fully saturated rings. The van der Waals surface area contributed by atoms with Crippen LogP contribution in [0.25, 0.3) is 27.5 Å². The molecule has 0 aromatic heterocycles. The molecule has 3 aromatic rings. The van der Waals surface area contributed by atoms with E-state index in [-0.39, 0.29) is 5.78 Å². The van der Waals surface area contributed by atoms with Crippen LogP contribution in [0.15, 0.2) is 71.7 Å². The lowest BCUT2D eigenvalue weighted by molar-refractivity contribution is 0.104. The van der Waals surface area contributed by atoms with Gasteiger partial charge in [0.1, 0.15) is 0 Å². The molecule has 2 aliphatic carbocycles. The molecule has 2 heteroatoms. The maximum absolute atomic E-state index is 13.1. The molecule has 25 heavy (non-hydrogen) atoms. The normalized spacial score (nSPS) is 19.4. The molecule has 1 atom stereocenters. The van der Waals surface area contributed by atoms with Crippen molar-refractivity contribution in [3.8, 4) is 11.1 Å². The number of benzene rings is 3. The zero-order valence-electron chi connectivity index (χ0n) is 13.5. The maximum atomic E-state index is 13.1. The van der Waals surface area contributed by atoms with Gasteiger partial charge < -0.3 is 0 Å². The van der Waals surface area contributed by atoms with Gasteiger partial charge in [-0.15, -0.1) is 11.8 Å². The molecule has 0 saturated carbocycles. The number of hydrogen-bond acceptors (Lipinski definition) is 2. The van der Waals surface area contributed by atoms with Crippen LogP contribution >= 0.6 is 11.8 Å². The predicted octanol–water partition coefficient (Wildman–Crippen LogP) is 5.87. The third-order valence-electron chi connectivity index (χ3n) is 5.52. The highest BCUT2D eigenvalue weighted by molar-refractivity contribution is 8.00. The zero-order valence-corrected chi connectivity index (χ0v) is 14.3. The third-order valence-corrected chi connectivity index (χ3v) is 6.84. The summed E-state index contributed by atoms with van der Waals surface area (Å²) in [6.45, 7) is 0. The Balaban J connectivity index is 1.79. The SMILES string of the molecule is O=C1c2ccccc2-c2ccc3c4c(ccc1c24)SC1CC=CC=C31. The first kappa shape index (κ1) is 13.7. The van der Waals surface area contributed by atoms with Gasteiger partial charge in [0.25, 0.3) is 0 Å². The molecular weight excluding hydrogens is 324 g/mol. The molecule has 1 aliphatic heterocycles. The Bertz CT molecular complexity index is 1170. The summed E-state index contributed by atoms with van der Waals surface area (Å²) in [6.07, 6.45) is 7.72. The van der Waals surface area contributed by atoms with Crippen LogP contribution in [0.3, 0.4) is 0 Å². The number of ketones is 1. The summed E-state index contributed by atoms with van der Waals surface area (Å²) in [4.78, 5) is 14.4. The molecule has 1 nitrogen and oxygen atoms in total. The first-order chi connectivity index (χ1) is 12.3. The zero-order chi connectivity index (χ0) is 16.5. The summed E-state index contributed by atoms with van der Waals surface area (Å²) in [5.41, 5.74) is 6.62. The lowest BCUT2D eigenvalue weighted by atomic mass is 9.80. The van der Waals surface area contributed by atoms with Crippen LogP contribution in [0, 0.1) is 0 Å². The van der Waals surface area contributed by atoms with Gasteiger partial charge in [0.15, 0.2) is 5.78 Å². The van der Waals surface area contributed by atoms with Gasteiger partial charge in [-0.25, -0.2) is 0 Å². The Morgan fingerprint density at radius 2 is 1.60 bits per heavy atom. The van der Waals surface area contributed by atoms with Crippen molar-refractivity contribution in [3.63, 3.8) is 0 Å². The fraction of sp³-hybridized carbons (Fsp3) is 0.0870. The van der Waals surface area contributed by atoms with E-state index in [1.54, 1.807) is 0 Å². The summed E-state index contributed by atoms with van der Waals surface area (Å²) in [5.74, 6) is 0.149. The van der Waals surface area contributed by atoms with Gasteiger partial charge in [-0.3, -0.25) is 4.79 Å². The van der Waals surface area contributed by atoms with Crippen LogP contribution < -0.4 is 0 Å². The number of hydrogen-bond donors (Lipinski definition) is 0. The molecule has 0 spiro atoms. The molecule has 0 radical (unpaired) electrons. The standard InChI is InChI=1S/C23H14OS/c24-23-17-7-2-1-5-13(17)15-9-10-16-14-6-3-4-8-19(14)25-20-12-11-18(23)21(15)22(16)20/h1-7,9-12,19H,8H2. The first-order valence-corrected chi connectivity index (χ1v) is 9.48. The van der Waals surface area contributed by atoms with Crippen LogP contribution in [0.4, 0.5) is 0 Å². The van der Waals surface area contributed by atoms with Gasteiger partial charge in [0.05, 0.1) is 0 Å². The molecular formula is C23H14OS. The number of carbonyl (C=O) groups excluding carboxylic acids is 1. The second-order valence-electron chi connectivity index (χ2n) is 6.79. The maximum Gasteiger partial charge on any atom is 0.194 e. The van der Waals surface area contributed by atoms with Gasteiger partial charge in [-0.1, -0.05) is 54.6 Å². The molecule has 3 aromatic carbocycles. The molecule has 1 unspecified atom stereocenters. The largest absolute Gasteiger partial charge is 0.289 e. The quantitative estimate of drug-likeness (QED) is 0.399. The van der Waals surface area contributed by atoms with Crippen molar-refractivity contribution in [3.05, 3.63) is 83.4 Å². The Labute approximate surface area is 150 Å². The monoisotopic (exact) mass is 338 g/mol. The highest BCUT2D eigenvalue weighted by atomic mass is 32.2. The van der Waals surface area contributed by atoms with Crippen molar-refractivity contribution < 1.29 is 4.79 Å². The molecule has 0 amide bonds. The average molecular weight is 338 g/mol. The van der Waals surface area contributed by atoms with E-state index in [2.05, 4.69) is 42.5 Å². The summed E-state index contributed by atoms with van der Waals surface area (Å²) in [7, 11) is 0. The Hall–Kier alpha value is -2.58. The van der Waals surface area contributed by atoms with Gasteiger partial charge >= 0.3 is 0 Å². The molecule has 1 heterocycles. The lowest BCUT2D eigenvalue weighted by Crippen LogP contribution is -2.15. The summed E-state index contributed by atoms with van der Waals surface area (Å²) >= 11 is 1.94. The minimum Gasteiger partial charge on any atom is -0.289 e. The molecule has 0 bridgehead atoms. The van der Waals surface area contributed by atoms with Crippen LogP contribution in [-0.2, 0) is 0 Å². The lowest BCUT2D eigenvalue weighted by Gasteiger charge is -2.31. The van der Waals surface area contributed by atoms with E-state index in [1.165, 1.54) is 27.0 Å². The van der Waals surface area contributed by atoms with E-state index in [0.717, 1.165) is 28.5 Å². The highest BCUT2D eigenvalue weighted by Crippen LogP contribution is 2.51. The Morgan fingerprint density at radius 1 is 0.800 bits per heavy atom. The Kier molecular flexibility index (Phi) is 2.59. The first-order valence-electron chi connectivity index (χ1n) is 8.60. The number of rotatable bonds is 0. The smallest absolute Gasteiger partial charge is 0.194 e. The molecule has 0 N–H and O–H groups in total. The van der Waals surface area contributed by atoms with E-state index in [0.29, 0.717) is 5.25 Å². The van der Waals surface area contributed by atoms with Gasteiger partial charge in [0.2, 0.25) is 0 Å². The number of fused-ring (bicyclic) bond motifs is 4. The van der Waals surface area contributed by atoms with E-state index in [9.17, 15) is 4.79 Å². The molecule has 3 aliphatic rings. The topological polar surface area (TPSA) is 17.1 Å². The predicted molar refractivity (Wildman–Crippen MR) is 104 cm³/mol. The van der Waals surface area contributed by atoms with E-state index in [4.69, 9.17) is 0 Å². The van der Waals surface area contributed by atoms with Crippen molar-refractivity contribution in [1.82, 2.24) is 0 Å². The fourth-order valence-electron chi connectivity index (χ4n) is 4.41. The number of thioether (sulfide) groups is 1. The van der Waals surface area contributed by atoms with Crippen molar-refractivity contribution in [1.29, 1.82) is 0 Å². The molecule has 6 rings (SSSR count). The number of allylic oxidation sites excluding steroid dienone is 3. The van der Waals surface area contributed by atoms with E-state index >= 15 is 0 Å².